The minimum absolute atomic E-state index is 0.0937. The van der Waals surface area contributed by atoms with Gasteiger partial charge in [0.15, 0.2) is 11.5 Å². The summed E-state index contributed by atoms with van der Waals surface area (Å²) in [5, 5.41) is 9.52. The number of aromatic nitrogens is 4. The molecule has 2 atom stereocenters. The molecule has 1 fully saturated rings. The minimum Gasteiger partial charge on any atom is -0.493 e. The summed E-state index contributed by atoms with van der Waals surface area (Å²) in [4.78, 5) is 13.8. The van der Waals surface area contributed by atoms with E-state index in [1.165, 1.54) is 0 Å². The van der Waals surface area contributed by atoms with Gasteiger partial charge in [-0.15, -0.1) is 0 Å². The van der Waals surface area contributed by atoms with E-state index < -0.39 is 0 Å². The van der Waals surface area contributed by atoms with Crippen molar-refractivity contribution in [1.82, 2.24) is 25.1 Å². The maximum Gasteiger partial charge on any atom is 0.233 e. The van der Waals surface area contributed by atoms with Crippen molar-refractivity contribution in [1.29, 1.82) is 0 Å². The van der Waals surface area contributed by atoms with E-state index in [0.29, 0.717) is 23.9 Å². The number of likely N-dealkylation sites (N-methyl/N-ethyl adjacent to an activating group) is 1. The lowest BCUT2D eigenvalue weighted by molar-refractivity contribution is 0.118. The number of methoxy groups -OCH3 is 2. The molecule has 9 nitrogen and oxygen atoms in total. The summed E-state index contributed by atoms with van der Waals surface area (Å²) in [5.41, 5.74) is 3.40. The highest BCUT2D eigenvalue weighted by Gasteiger charge is 2.38. The van der Waals surface area contributed by atoms with Crippen LogP contribution in [0.4, 0.5) is 5.69 Å². The summed E-state index contributed by atoms with van der Waals surface area (Å²) in [5.74, 6) is 1.82. The van der Waals surface area contributed by atoms with E-state index >= 15 is 0 Å². The zero-order valence-corrected chi connectivity index (χ0v) is 19.8. The molecule has 4 aromatic rings. The molecule has 3 heterocycles. The lowest BCUT2D eigenvalue weighted by Gasteiger charge is -2.27. The van der Waals surface area contributed by atoms with Gasteiger partial charge in [0.25, 0.3) is 0 Å². The van der Waals surface area contributed by atoms with Crippen LogP contribution >= 0.6 is 0 Å². The molecular formula is C25H28N6O3. The highest BCUT2D eigenvalue weighted by atomic mass is 16.5. The summed E-state index contributed by atoms with van der Waals surface area (Å²) in [6.07, 6.45) is 3.41. The van der Waals surface area contributed by atoms with Gasteiger partial charge in [0, 0.05) is 18.0 Å². The average molecular weight is 461 g/mol. The number of fused-ring (bicyclic) bond motifs is 2. The van der Waals surface area contributed by atoms with Crippen molar-refractivity contribution < 1.29 is 14.2 Å². The fourth-order valence-electron chi connectivity index (χ4n) is 4.50. The quantitative estimate of drug-likeness (QED) is 0.413. The van der Waals surface area contributed by atoms with Crippen LogP contribution in [0.5, 0.6) is 17.4 Å². The number of rotatable bonds is 7. The topological polar surface area (TPSA) is 85.7 Å². The highest BCUT2D eigenvalue weighted by Crippen LogP contribution is 2.37. The van der Waals surface area contributed by atoms with Crippen molar-refractivity contribution in [3.05, 3.63) is 48.8 Å². The zero-order valence-electron chi connectivity index (χ0n) is 19.8. The lowest BCUT2D eigenvalue weighted by Crippen LogP contribution is -2.43. The molecule has 0 saturated carbocycles. The monoisotopic (exact) mass is 460 g/mol. The van der Waals surface area contributed by atoms with Crippen LogP contribution < -0.4 is 19.1 Å². The molecule has 1 aliphatic rings. The van der Waals surface area contributed by atoms with Crippen LogP contribution in [-0.2, 0) is 0 Å². The molecule has 1 saturated heterocycles. The average Bonchev–Trinajstić information content (AvgIpc) is 3.30. The molecule has 9 heteroatoms. The van der Waals surface area contributed by atoms with Gasteiger partial charge in [-0.3, -0.25) is 4.90 Å². The number of ether oxygens (including phenoxy) is 3. The summed E-state index contributed by atoms with van der Waals surface area (Å²) < 4.78 is 17.4. The first-order valence-electron chi connectivity index (χ1n) is 11.3. The molecule has 0 radical (unpaired) electrons. The van der Waals surface area contributed by atoms with Crippen molar-refractivity contribution in [3.8, 4) is 17.4 Å². The molecule has 2 aromatic heterocycles. The molecule has 0 spiro atoms. The maximum absolute atomic E-state index is 6.43. The summed E-state index contributed by atoms with van der Waals surface area (Å²) in [7, 11) is 5.37. The molecule has 5 rings (SSSR count). The van der Waals surface area contributed by atoms with Gasteiger partial charge in [0.1, 0.15) is 6.10 Å². The smallest absolute Gasteiger partial charge is 0.233 e. The summed E-state index contributed by atoms with van der Waals surface area (Å²) in [6, 6.07) is 11.8. The molecule has 1 aliphatic heterocycles. The molecule has 0 aliphatic carbocycles. The number of para-hydroxylation sites is 2. The number of anilines is 1. The van der Waals surface area contributed by atoms with Gasteiger partial charge in [0.2, 0.25) is 5.88 Å². The van der Waals surface area contributed by atoms with Gasteiger partial charge in [-0.25, -0.2) is 9.97 Å². The van der Waals surface area contributed by atoms with Gasteiger partial charge in [-0.1, -0.05) is 19.1 Å². The maximum atomic E-state index is 6.43. The first-order chi connectivity index (χ1) is 16.6. The summed E-state index contributed by atoms with van der Waals surface area (Å²) in [6.45, 7) is 4.52. The first kappa shape index (κ1) is 22.1. The Morgan fingerprint density at radius 2 is 1.76 bits per heavy atom. The van der Waals surface area contributed by atoms with Crippen molar-refractivity contribution in [2.45, 2.75) is 19.1 Å². The number of nitrogens with zero attached hydrogens (tertiary/aromatic N) is 6. The Labute approximate surface area is 198 Å². The fourth-order valence-corrected chi connectivity index (χ4v) is 4.50. The van der Waals surface area contributed by atoms with Gasteiger partial charge in [0.05, 0.1) is 61.4 Å². The Balaban J connectivity index is 1.48. The highest BCUT2D eigenvalue weighted by molar-refractivity contribution is 5.93. The molecule has 0 N–H and O–H groups in total. The predicted octanol–water partition coefficient (Wildman–Crippen LogP) is 3.18. The molecule has 0 amide bonds. The Morgan fingerprint density at radius 1 is 1.00 bits per heavy atom. The van der Waals surface area contributed by atoms with Gasteiger partial charge < -0.3 is 19.1 Å². The third-order valence-electron chi connectivity index (χ3n) is 6.46. The van der Waals surface area contributed by atoms with Crippen molar-refractivity contribution in [3.63, 3.8) is 0 Å². The zero-order chi connectivity index (χ0) is 23.7. The number of benzene rings is 2. The van der Waals surface area contributed by atoms with E-state index in [1.54, 1.807) is 26.6 Å². The Morgan fingerprint density at radius 3 is 2.53 bits per heavy atom. The fraction of sp³-hybridized carbons (Fsp3) is 0.360. The van der Waals surface area contributed by atoms with Gasteiger partial charge >= 0.3 is 0 Å². The van der Waals surface area contributed by atoms with Crippen LogP contribution in [-0.4, -0.2) is 78.1 Å². The van der Waals surface area contributed by atoms with Gasteiger partial charge in [-0.05, 0) is 31.8 Å². The van der Waals surface area contributed by atoms with E-state index in [4.69, 9.17) is 14.2 Å². The van der Waals surface area contributed by atoms with E-state index in [1.807, 2.05) is 36.4 Å². The van der Waals surface area contributed by atoms with Crippen LogP contribution in [0.1, 0.15) is 6.92 Å². The largest absolute Gasteiger partial charge is 0.493 e. The molecule has 176 valence electrons. The molecular weight excluding hydrogens is 432 g/mol. The van der Waals surface area contributed by atoms with E-state index in [9.17, 15) is 0 Å². The van der Waals surface area contributed by atoms with E-state index in [-0.39, 0.29) is 12.1 Å². The predicted molar refractivity (Wildman–Crippen MR) is 131 cm³/mol. The van der Waals surface area contributed by atoms with Crippen LogP contribution in [0.25, 0.3) is 21.9 Å². The molecule has 0 bridgehead atoms. The van der Waals surface area contributed by atoms with Crippen LogP contribution in [0, 0.1) is 0 Å². The summed E-state index contributed by atoms with van der Waals surface area (Å²) >= 11 is 0. The SMILES string of the molecule is CCN(C)C1CN(c2cnnc3cc(OC)c(OC)cc23)CC1Oc1cnc2ccccc2n1. The standard InChI is InChI=1S/C25H28N6O3/c1-5-30(2)21-14-31(15-24(21)34-25-13-26-17-8-6-7-9-18(17)28-25)20-12-27-29-19-11-23(33-4)22(32-3)10-16(19)20/h6-13,21,24H,5,14-15H2,1-4H3. The van der Waals surface area contributed by atoms with E-state index in [0.717, 1.165) is 40.7 Å². The normalized spacial score (nSPS) is 18.1. The second-order valence-electron chi connectivity index (χ2n) is 8.35. The van der Waals surface area contributed by atoms with Crippen LogP contribution in [0.3, 0.4) is 0 Å². The number of hydrogen-bond donors (Lipinski definition) is 0. The Bertz CT molecular complexity index is 1320. The van der Waals surface area contributed by atoms with Crippen LogP contribution in [0.2, 0.25) is 0 Å². The molecule has 2 unspecified atom stereocenters. The second-order valence-corrected chi connectivity index (χ2v) is 8.35. The van der Waals surface area contributed by atoms with Crippen molar-refractivity contribution in [2.75, 3.05) is 45.8 Å². The molecule has 34 heavy (non-hydrogen) atoms. The van der Waals surface area contributed by atoms with Crippen LogP contribution in [0.15, 0.2) is 48.8 Å². The van der Waals surface area contributed by atoms with Crippen molar-refractivity contribution >= 4 is 27.6 Å². The first-order valence-corrected chi connectivity index (χ1v) is 11.3. The van der Waals surface area contributed by atoms with Gasteiger partial charge in [-0.2, -0.15) is 10.2 Å². The Hall–Kier alpha value is -3.72. The van der Waals surface area contributed by atoms with Crippen molar-refractivity contribution in [2.24, 2.45) is 0 Å². The number of hydrogen-bond acceptors (Lipinski definition) is 9. The van der Waals surface area contributed by atoms with E-state index in [2.05, 4.69) is 43.9 Å². The third-order valence-corrected chi connectivity index (χ3v) is 6.46. The lowest BCUT2D eigenvalue weighted by atomic mass is 10.1. The third kappa shape index (κ3) is 4.03. The second kappa shape index (κ2) is 9.26. The Kier molecular flexibility index (Phi) is 6.02. The minimum atomic E-state index is -0.0937. The molecule has 2 aromatic carbocycles.